The van der Waals surface area contributed by atoms with E-state index in [1.807, 2.05) is 0 Å². The van der Waals surface area contributed by atoms with E-state index in [0.29, 0.717) is 5.75 Å². The molecule has 9 heteroatoms. The fourth-order valence-corrected chi connectivity index (χ4v) is 3.66. The van der Waals surface area contributed by atoms with Gasteiger partial charge in [0, 0.05) is 12.3 Å². The highest BCUT2D eigenvalue weighted by atomic mass is 32.2. The lowest BCUT2D eigenvalue weighted by molar-refractivity contribution is 0.276. The maximum atomic E-state index is 14.0. The van der Waals surface area contributed by atoms with Crippen molar-refractivity contribution in [3.63, 3.8) is 0 Å². The van der Waals surface area contributed by atoms with Gasteiger partial charge in [-0.2, -0.15) is 9.49 Å². The third-order valence-electron chi connectivity index (χ3n) is 3.50. The molecule has 0 bridgehead atoms. The highest BCUT2D eigenvalue weighted by Crippen LogP contribution is 2.26. The minimum Gasteiger partial charge on any atom is -0.497 e. The van der Waals surface area contributed by atoms with E-state index in [1.54, 1.807) is 0 Å². The number of ether oxygens (including phenoxy) is 1. The van der Waals surface area contributed by atoms with Crippen molar-refractivity contribution in [1.82, 2.24) is 14.8 Å². The number of sulfone groups is 1. The minimum atomic E-state index is -4.01. The molecule has 3 aromatic rings. The third kappa shape index (κ3) is 3.11. The van der Waals surface area contributed by atoms with E-state index >= 15 is 0 Å². The molecule has 0 saturated carbocycles. The van der Waals surface area contributed by atoms with Crippen molar-refractivity contribution in [3.05, 3.63) is 60.3 Å². The summed E-state index contributed by atoms with van der Waals surface area (Å²) in [5.41, 5.74) is -0.0374. The van der Waals surface area contributed by atoms with Crippen LogP contribution in [-0.4, -0.2) is 35.4 Å². The lowest BCUT2D eigenvalue weighted by Crippen LogP contribution is -2.11. The predicted molar refractivity (Wildman–Crippen MR) is 85.7 cm³/mol. The maximum Gasteiger partial charge on any atom is 0.238 e. The van der Waals surface area contributed by atoms with Crippen LogP contribution in [-0.2, 0) is 16.4 Å². The number of aromatic nitrogens is 3. The summed E-state index contributed by atoms with van der Waals surface area (Å²) in [6.45, 7) is -0.486. The number of pyridine rings is 1. The molecule has 3 rings (SSSR count). The molecule has 0 aliphatic rings. The molecule has 0 aliphatic heterocycles. The molecule has 25 heavy (non-hydrogen) atoms. The van der Waals surface area contributed by atoms with Crippen LogP contribution in [0.15, 0.2) is 58.6 Å². The number of hydrogen-bond donors (Lipinski definition) is 1. The van der Waals surface area contributed by atoms with Crippen molar-refractivity contribution in [2.75, 3.05) is 7.11 Å². The van der Waals surface area contributed by atoms with Crippen LogP contribution in [0.5, 0.6) is 5.75 Å². The summed E-state index contributed by atoms with van der Waals surface area (Å²) >= 11 is 0. The van der Waals surface area contributed by atoms with Crippen LogP contribution in [0.4, 0.5) is 4.39 Å². The Bertz CT molecular complexity index is 1000. The van der Waals surface area contributed by atoms with Gasteiger partial charge in [0.1, 0.15) is 11.4 Å². The maximum absolute atomic E-state index is 14.0. The Morgan fingerprint density at radius 1 is 1.24 bits per heavy atom. The fraction of sp³-hybridized carbons (Fsp3) is 0.125. The number of hydrogen-bond acceptors (Lipinski definition) is 6. The number of aliphatic hydroxyl groups is 1. The Hall–Kier alpha value is -2.78. The molecule has 130 valence electrons. The fourth-order valence-electron chi connectivity index (χ4n) is 2.26. The number of halogens is 1. The van der Waals surface area contributed by atoms with Crippen molar-refractivity contribution in [1.29, 1.82) is 0 Å². The van der Waals surface area contributed by atoms with Gasteiger partial charge < -0.3 is 9.84 Å². The Kier molecular flexibility index (Phi) is 4.51. The number of benzene rings is 1. The Morgan fingerprint density at radius 2 is 1.96 bits per heavy atom. The van der Waals surface area contributed by atoms with Crippen LogP contribution in [0, 0.1) is 5.95 Å². The summed E-state index contributed by atoms with van der Waals surface area (Å²) in [6.07, 6.45) is 1.24. The minimum absolute atomic E-state index is 0.0109. The third-order valence-corrected chi connectivity index (χ3v) is 5.24. The Labute approximate surface area is 143 Å². The quantitative estimate of drug-likeness (QED) is 0.694. The smallest absolute Gasteiger partial charge is 0.238 e. The lowest BCUT2D eigenvalue weighted by Gasteiger charge is -2.09. The van der Waals surface area contributed by atoms with Gasteiger partial charge in [-0.15, -0.1) is 0 Å². The molecule has 2 heterocycles. The van der Waals surface area contributed by atoms with Crippen LogP contribution in [0.2, 0.25) is 0 Å². The SMILES string of the molecule is COc1ccc(S(=O)(=O)c2cc(CO)nn2-c2cccnc2F)cc1. The zero-order valence-corrected chi connectivity index (χ0v) is 13.9. The monoisotopic (exact) mass is 363 g/mol. The number of methoxy groups -OCH3 is 1. The number of nitrogens with zero attached hydrogens (tertiary/aromatic N) is 3. The van der Waals surface area contributed by atoms with Crippen molar-refractivity contribution >= 4 is 9.84 Å². The highest BCUT2D eigenvalue weighted by molar-refractivity contribution is 7.91. The van der Waals surface area contributed by atoms with Gasteiger partial charge in [0.2, 0.25) is 15.8 Å². The first-order chi connectivity index (χ1) is 12.0. The Morgan fingerprint density at radius 3 is 2.56 bits per heavy atom. The summed E-state index contributed by atoms with van der Waals surface area (Å²) in [4.78, 5) is 3.50. The van der Waals surface area contributed by atoms with Gasteiger partial charge in [-0.25, -0.2) is 18.1 Å². The van der Waals surface area contributed by atoms with E-state index in [9.17, 15) is 17.9 Å². The van der Waals surface area contributed by atoms with E-state index in [4.69, 9.17) is 4.74 Å². The van der Waals surface area contributed by atoms with Crippen LogP contribution >= 0.6 is 0 Å². The van der Waals surface area contributed by atoms with Crippen molar-refractivity contribution in [2.24, 2.45) is 0 Å². The molecule has 0 spiro atoms. The first-order valence-corrected chi connectivity index (χ1v) is 8.65. The molecule has 0 radical (unpaired) electrons. The molecule has 1 aromatic carbocycles. The molecule has 0 fully saturated rings. The summed E-state index contributed by atoms with van der Waals surface area (Å²) in [5, 5.41) is 13.0. The van der Waals surface area contributed by atoms with Crippen LogP contribution < -0.4 is 4.74 Å². The molecule has 0 atom stereocenters. The molecular formula is C16H14FN3O4S. The molecule has 0 saturated heterocycles. The van der Waals surface area contributed by atoms with Crippen molar-refractivity contribution < 1.29 is 22.7 Å². The lowest BCUT2D eigenvalue weighted by atomic mass is 10.3. The van der Waals surface area contributed by atoms with Crippen molar-refractivity contribution in [3.8, 4) is 11.4 Å². The molecule has 1 N–H and O–H groups in total. The summed E-state index contributed by atoms with van der Waals surface area (Å²) < 4.78 is 45.8. The molecule has 7 nitrogen and oxygen atoms in total. The van der Waals surface area contributed by atoms with Crippen LogP contribution in [0.1, 0.15) is 5.69 Å². The van der Waals surface area contributed by atoms with E-state index in [0.717, 1.165) is 4.68 Å². The predicted octanol–water partition coefficient (Wildman–Crippen LogP) is 1.74. The topological polar surface area (TPSA) is 94.3 Å². The zero-order valence-electron chi connectivity index (χ0n) is 13.1. The largest absolute Gasteiger partial charge is 0.497 e. The van der Waals surface area contributed by atoms with E-state index in [2.05, 4.69) is 10.1 Å². The average Bonchev–Trinajstić information content (AvgIpc) is 3.07. The number of rotatable bonds is 5. The van der Waals surface area contributed by atoms with Crippen LogP contribution in [0.3, 0.4) is 0 Å². The molecular weight excluding hydrogens is 349 g/mol. The summed E-state index contributed by atoms with van der Waals surface area (Å²) in [6, 6.07) is 9.78. The second kappa shape index (κ2) is 6.61. The summed E-state index contributed by atoms with van der Waals surface area (Å²) in [7, 11) is -2.54. The molecule has 0 aliphatic carbocycles. The highest BCUT2D eigenvalue weighted by Gasteiger charge is 2.26. The molecule has 0 amide bonds. The van der Waals surface area contributed by atoms with E-state index in [1.165, 1.54) is 55.8 Å². The van der Waals surface area contributed by atoms with E-state index < -0.39 is 22.4 Å². The molecule has 0 unspecified atom stereocenters. The van der Waals surface area contributed by atoms with Gasteiger partial charge in [0.05, 0.1) is 24.3 Å². The Balaban J connectivity index is 2.18. The van der Waals surface area contributed by atoms with Crippen molar-refractivity contribution in [2.45, 2.75) is 16.5 Å². The standard InChI is InChI=1S/C16H14FN3O4S/c1-24-12-4-6-13(7-5-12)25(22,23)15-9-11(10-21)19-20(15)14-3-2-8-18-16(14)17/h2-9,21H,10H2,1H3. The van der Waals surface area contributed by atoms with Gasteiger partial charge in [0.15, 0.2) is 5.03 Å². The van der Waals surface area contributed by atoms with Gasteiger partial charge >= 0.3 is 0 Å². The van der Waals surface area contributed by atoms with Gasteiger partial charge in [-0.1, -0.05) is 0 Å². The molecule has 2 aromatic heterocycles. The number of aliphatic hydroxyl groups excluding tert-OH is 1. The normalized spacial score (nSPS) is 11.5. The van der Waals surface area contributed by atoms with Gasteiger partial charge in [0.25, 0.3) is 0 Å². The summed E-state index contributed by atoms with van der Waals surface area (Å²) in [5.74, 6) is -0.372. The first kappa shape index (κ1) is 17.1. The van der Waals surface area contributed by atoms with E-state index in [-0.39, 0.29) is 21.3 Å². The second-order valence-corrected chi connectivity index (χ2v) is 6.93. The second-order valence-electron chi connectivity index (χ2n) is 5.04. The average molecular weight is 363 g/mol. The zero-order chi connectivity index (χ0) is 18.0. The van der Waals surface area contributed by atoms with Crippen LogP contribution in [0.25, 0.3) is 5.69 Å². The van der Waals surface area contributed by atoms with Gasteiger partial charge in [-0.05, 0) is 36.4 Å². The first-order valence-electron chi connectivity index (χ1n) is 7.17. The van der Waals surface area contributed by atoms with Gasteiger partial charge in [-0.3, -0.25) is 0 Å².